The summed E-state index contributed by atoms with van der Waals surface area (Å²) in [5.41, 5.74) is 3.50. The Balaban J connectivity index is 2.00. The largest absolute Gasteiger partial charge is 0.496 e. The second-order valence-electron chi connectivity index (χ2n) is 8.33. The molecule has 1 aliphatic heterocycles. The Morgan fingerprint density at radius 1 is 1.26 bits per heavy atom. The van der Waals surface area contributed by atoms with Crippen LogP contribution in [0.4, 0.5) is 0 Å². The number of nitrogens with zero attached hydrogens (tertiary/aromatic N) is 1. The van der Waals surface area contributed by atoms with Gasteiger partial charge < -0.3 is 15.3 Å². The first kappa shape index (κ1) is 19.5. The molecule has 0 saturated heterocycles. The highest BCUT2D eigenvalue weighted by Gasteiger charge is 2.30. The number of rotatable bonds is 4. The first-order valence-electron chi connectivity index (χ1n) is 9.86. The van der Waals surface area contributed by atoms with E-state index in [1.807, 2.05) is 12.1 Å². The fourth-order valence-electron chi connectivity index (χ4n) is 4.27. The molecule has 146 valence electrons. The van der Waals surface area contributed by atoms with Gasteiger partial charge in [0, 0.05) is 34.4 Å². The Bertz CT molecular complexity index is 757. The van der Waals surface area contributed by atoms with Gasteiger partial charge in [-0.3, -0.25) is 4.79 Å². The van der Waals surface area contributed by atoms with E-state index in [1.54, 1.807) is 13.2 Å². The van der Waals surface area contributed by atoms with Gasteiger partial charge in [0.05, 0.1) is 13.3 Å². The molecule has 0 amide bonds. The molecule has 1 aromatic carbocycles. The molecule has 0 bridgehead atoms. The second-order valence-corrected chi connectivity index (χ2v) is 8.33. The minimum atomic E-state index is -0.153. The number of benzene rings is 1. The van der Waals surface area contributed by atoms with Crippen LogP contribution in [0.3, 0.4) is 0 Å². The maximum Gasteiger partial charge on any atom is 0.160 e. The van der Waals surface area contributed by atoms with Crippen LogP contribution in [-0.4, -0.2) is 29.9 Å². The number of ketones is 1. The topological polar surface area (TPSA) is 70.9 Å². The number of carbonyl (C=O) groups excluding carboxylic acids is 1. The summed E-state index contributed by atoms with van der Waals surface area (Å²) in [6.07, 6.45) is 10.7. The summed E-state index contributed by atoms with van der Waals surface area (Å²) in [6, 6.07) is 3.92. The van der Waals surface area contributed by atoms with Crippen molar-refractivity contribution in [3.63, 3.8) is 0 Å². The highest BCUT2D eigenvalue weighted by molar-refractivity contribution is 5.99. The zero-order valence-corrected chi connectivity index (χ0v) is 16.5. The quantitative estimate of drug-likeness (QED) is 0.272. The molecule has 1 fully saturated rings. The fourth-order valence-corrected chi connectivity index (χ4v) is 4.27. The van der Waals surface area contributed by atoms with Crippen LogP contribution in [0.2, 0.25) is 0 Å². The van der Waals surface area contributed by atoms with Crippen molar-refractivity contribution in [1.82, 2.24) is 5.32 Å². The minimum Gasteiger partial charge on any atom is -0.496 e. The van der Waals surface area contributed by atoms with Gasteiger partial charge >= 0.3 is 0 Å². The molecule has 1 aliphatic carbocycles. The zero-order chi connectivity index (χ0) is 19.4. The fraction of sp³-hybridized carbons (Fsp3) is 0.545. The zero-order valence-electron chi connectivity index (χ0n) is 16.5. The van der Waals surface area contributed by atoms with Crippen LogP contribution >= 0.6 is 0 Å². The summed E-state index contributed by atoms with van der Waals surface area (Å²) in [6.45, 7) is 4.27. The van der Waals surface area contributed by atoms with Crippen LogP contribution < -0.4 is 10.1 Å². The van der Waals surface area contributed by atoms with Crippen molar-refractivity contribution >= 4 is 17.7 Å². The Labute approximate surface area is 161 Å². The molecule has 0 spiro atoms. The lowest BCUT2D eigenvalue weighted by Crippen LogP contribution is -2.44. The van der Waals surface area contributed by atoms with E-state index < -0.39 is 0 Å². The average Bonchev–Trinajstić information content (AvgIpc) is 2.90. The van der Waals surface area contributed by atoms with Crippen LogP contribution in [0, 0.1) is 5.92 Å². The standard InChI is InChI=1S/C22H30N2O3/c1-22(2)13-16-11-21(27-3)17(14-23-26)10-18(16)19(24-22)12-20(25)15-8-6-4-5-7-9-15/h10-12,14-15,24,26H,4-9,13H2,1-3H3. The lowest BCUT2D eigenvalue weighted by atomic mass is 9.84. The maximum atomic E-state index is 13.0. The molecule has 5 heteroatoms. The van der Waals surface area contributed by atoms with E-state index in [9.17, 15) is 4.79 Å². The van der Waals surface area contributed by atoms with Gasteiger partial charge in [-0.1, -0.05) is 30.8 Å². The molecule has 5 nitrogen and oxygen atoms in total. The van der Waals surface area contributed by atoms with E-state index in [4.69, 9.17) is 9.94 Å². The van der Waals surface area contributed by atoms with Crippen molar-refractivity contribution in [2.75, 3.05) is 7.11 Å². The van der Waals surface area contributed by atoms with E-state index in [0.29, 0.717) is 11.3 Å². The van der Waals surface area contributed by atoms with Crippen molar-refractivity contribution in [2.45, 2.75) is 64.3 Å². The molecule has 1 saturated carbocycles. The molecule has 2 aliphatic rings. The third-order valence-electron chi connectivity index (χ3n) is 5.59. The number of fused-ring (bicyclic) bond motifs is 1. The maximum absolute atomic E-state index is 13.0. The van der Waals surface area contributed by atoms with Gasteiger partial charge in [0.2, 0.25) is 0 Å². The van der Waals surface area contributed by atoms with Crippen molar-refractivity contribution < 1.29 is 14.7 Å². The molecular formula is C22H30N2O3. The Kier molecular flexibility index (Phi) is 5.88. The monoisotopic (exact) mass is 370 g/mol. The summed E-state index contributed by atoms with van der Waals surface area (Å²) < 4.78 is 5.45. The molecule has 2 N–H and O–H groups in total. The minimum absolute atomic E-state index is 0.131. The van der Waals surface area contributed by atoms with E-state index in [1.165, 1.54) is 19.1 Å². The number of oxime groups is 1. The van der Waals surface area contributed by atoms with Crippen molar-refractivity contribution in [3.05, 3.63) is 34.9 Å². The van der Waals surface area contributed by atoms with Crippen LogP contribution in [0.15, 0.2) is 23.4 Å². The van der Waals surface area contributed by atoms with Crippen LogP contribution in [0.1, 0.15) is 69.1 Å². The van der Waals surface area contributed by atoms with Gasteiger partial charge in [-0.05, 0) is 50.8 Å². The molecule has 27 heavy (non-hydrogen) atoms. The molecule has 1 aromatic rings. The Morgan fingerprint density at radius 3 is 2.59 bits per heavy atom. The van der Waals surface area contributed by atoms with Crippen molar-refractivity contribution in [1.29, 1.82) is 0 Å². The molecule has 0 unspecified atom stereocenters. The van der Waals surface area contributed by atoms with Crippen LogP contribution in [0.5, 0.6) is 5.75 Å². The predicted octanol–water partition coefficient (Wildman–Crippen LogP) is 4.31. The third-order valence-corrected chi connectivity index (χ3v) is 5.59. The highest BCUT2D eigenvalue weighted by atomic mass is 16.5. The molecular weight excluding hydrogens is 340 g/mol. The number of hydrogen-bond acceptors (Lipinski definition) is 5. The molecule has 0 atom stereocenters. The van der Waals surface area contributed by atoms with E-state index in [0.717, 1.165) is 48.9 Å². The summed E-state index contributed by atoms with van der Waals surface area (Å²) >= 11 is 0. The van der Waals surface area contributed by atoms with Gasteiger partial charge in [-0.25, -0.2) is 0 Å². The average molecular weight is 370 g/mol. The van der Waals surface area contributed by atoms with E-state index in [2.05, 4.69) is 24.3 Å². The normalized spacial score (nSPS) is 21.5. The molecule has 0 radical (unpaired) electrons. The van der Waals surface area contributed by atoms with Gasteiger partial charge in [-0.2, -0.15) is 0 Å². The molecule has 1 heterocycles. The smallest absolute Gasteiger partial charge is 0.160 e. The van der Waals surface area contributed by atoms with Gasteiger partial charge in [-0.15, -0.1) is 0 Å². The van der Waals surface area contributed by atoms with Crippen molar-refractivity contribution in [2.24, 2.45) is 11.1 Å². The van der Waals surface area contributed by atoms with Crippen molar-refractivity contribution in [3.8, 4) is 5.75 Å². The van der Waals surface area contributed by atoms with Crippen LogP contribution in [-0.2, 0) is 11.2 Å². The number of methoxy groups -OCH3 is 1. The van der Waals surface area contributed by atoms with Crippen LogP contribution in [0.25, 0.3) is 5.70 Å². The summed E-state index contributed by atoms with van der Waals surface area (Å²) in [7, 11) is 1.61. The van der Waals surface area contributed by atoms with E-state index >= 15 is 0 Å². The number of ether oxygens (including phenoxy) is 1. The highest BCUT2D eigenvalue weighted by Crippen LogP contribution is 2.35. The second kappa shape index (κ2) is 8.15. The number of carbonyl (C=O) groups is 1. The molecule has 0 aromatic heterocycles. The molecule has 3 rings (SSSR count). The number of hydrogen-bond donors (Lipinski definition) is 2. The Morgan fingerprint density at radius 2 is 1.96 bits per heavy atom. The summed E-state index contributed by atoms with van der Waals surface area (Å²) in [5.74, 6) is 1.02. The number of nitrogens with one attached hydrogen (secondary N) is 1. The van der Waals surface area contributed by atoms with E-state index in [-0.39, 0.29) is 17.2 Å². The van der Waals surface area contributed by atoms with Gasteiger partial charge in [0.15, 0.2) is 5.78 Å². The summed E-state index contributed by atoms with van der Waals surface area (Å²) in [4.78, 5) is 13.0. The number of allylic oxidation sites excluding steroid dienone is 1. The summed E-state index contributed by atoms with van der Waals surface area (Å²) in [5, 5.41) is 15.6. The SMILES string of the molecule is COc1cc2c(cc1C=NO)C(=CC(=O)C1CCCCCC1)NC(C)(C)C2. The van der Waals surface area contributed by atoms with Gasteiger partial charge in [0.25, 0.3) is 0 Å². The lowest BCUT2D eigenvalue weighted by molar-refractivity contribution is -0.118. The predicted molar refractivity (Wildman–Crippen MR) is 107 cm³/mol. The third kappa shape index (κ3) is 4.52. The first-order chi connectivity index (χ1) is 12.9. The van der Waals surface area contributed by atoms with Gasteiger partial charge in [0.1, 0.15) is 5.75 Å². The lowest BCUT2D eigenvalue weighted by Gasteiger charge is -2.36. The first-order valence-corrected chi connectivity index (χ1v) is 9.86. The Hall–Kier alpha value is -2.30.